The molecule has 0 saturated heterocycles. The van der Waals surface area contributed by atoms with Crippen LogP contribution in [0.4, 0.5) is 5.69 Å². The molecule has 0 fully saturated rings. The smallest absolute Gasteiger partial charge is 0.338 e. The van der Waals surface area contributed by atoms with E-state index in [2.05, 4.69) is 0 Å². The molecule has 148 valence electrons. The van der Waals surface area contributed by atoms with Gasteiger partial charge >= 0.3 is 11.9 Å². The lowest BCUT2D eigenvalue weighted by Crippen LogP contribution is -2.44. The van der Waals surface area contributed by atoms with Gasteiger partial charge in [0.1, 0.15) is 6.04 Å². The number of aromatic carboxylic acids is 1. The first kappa shape index (κ1) is 20.9. The SMILES string of the molecule is CCOC(=O)c1cccc(N(Cc2cccc(C(=O)O)c2)C(C)C(=O)NO)c1. The maximum Gasteiger partial charge on any atom is 0.338 e. The molecule has 2 aromatic carbocycles. The van der Waals surface area contributed by atoms with Gasteiger partial charge in [0.05, 0.1) is 17.7 Å². The van der Waals surface area contributed by atoms with Crippen molar-refractivity contribution in [1.29, 1.82) is 0 Å². The maximum atomic E-state index is 12.0. The number of esters is 1. The van der Waals surface area contributed by atoms with Crippen molar-refractivity contribution in [1.82, 2.24) is 5.48 Å². The molecule has 1 unspecified atom stereocenters. The van der Waals surface area contributed by atoms with E-state index in [4.69, 9.17) is 9.94 Å². The number of rotatable bonds is 8. The molecule has 0 spiro atoms. The van der Waals surface area contributed by atoms with Gasteiger partial charge in [0, 0.05) is 12.2 Å². The number of nitrogens with one attached hydrogen (secondary N) is 1. The first-order chi connectivity index (χ1) is 13.4. The third-order valence-corrected chi connectivity index (χ3v) is 4.17. The lowest BCUT2D eigenvalue weighted by atomic mass is 10.1. The minimum Gasteiger partial charge on any atom is -0.478 e. The molecule has 8 nitrogen and oxygen atoms in total. The summed E-state index contributed by atoms with van der Waals surface area (Å²) in [6, 6.07) is 12.1. The van der Waals surface area contributed by atoms with Crippen LogP contribution in [0.2, 0.25) is 0 Å². The second-order valence-electron chi connectivity index (χ2n) is 6.06. The van der Waals surface area contributed by atoms with Crippen LogP contribution in [0.25, 0.3) is 0 Å². The van der Waals surface area contributed by atoms with Gasteiger partial charge in [-0.3, -0.25) is 10.0 Å². The van der Waals surface area contributed by atoms with Crippen molar-refractivity contribution in [3.05, 3.63) is 65.2 Å². The van der Waals surface area contributed by atoms with Crippen LogP contribution in [0, 0.1) is 0 Å². The Morgan fingerprint density at radius 1 is 1.11 bits per heavy atom. The van der Waals surface area contributed by atoms with Gasteiger partial charge in [-0.2, -0.15) is 0 Å². The number of ether oxygens (including phenoxy) is 1. The van der Waals surface area contributed by atoms with Crippen LogP contribution in [-0.2, 0) is 16.1 Å². The van der Waals surface area contributed by atoms with Gasteiger partial charge in [0.2, 0.25) is 0 Å². The summed E-state index contributed by atoms with van der Waals surface area (Å²) in [6.45, 7) is 3.71. The van der Waals surface area contributed by atoms with Gasteiger partial charge < -0.3 is 14.7 Å². The van der Waals surface area contributed by atoms with Gasteiger partial charge in [0.15, 0.2) is 0 Å². The Bertz CT molecular complexity index is 867. The highest BCUT2D eigenvalue weighted by molar-refractivity contribution is 5.91. The van der Waals surface area contributed by atoms with Crippen LogP contribution in [0.15, 0.2) is 48.5 Å². The Morgan fingerprint density at radius 2 is 1.79 bits per heavy atom. The third kappa shape index (κ3) is 5.08. The number of hydroxylamine groups is 1. The van der Waals surface area contributed by atoms with Crippen molar-refractivity contribution in [3.63, 3.8) is 0 Å². The Kier molecular flexibility index (Phi) is 7.11. The molecule has 0 aliphatic rings. The summed E-state index contributed by atoms with van der Waals surface area (Å²) in [5.74, 6) is -2.19. The largest absolute Gasteiger partial charge is 0.478 e. The van der Waals surface area contributed by atoms with E-state index >= 15 is 0 Å². The molecule has 2 rings (SSSR count). The second kappa shape index (κ2) is 9.52. The quantitative estimate of drug-likeness (QED) is 0.362. The van der Waals surface area contributed by atoms with E-state index in [-0.39, 0.29) is 18.7 Å². The monoisotopic (exact) mass is 386 g/mol. The van der Waals surface area contributed by atoms with E-state index < -0.39 is 23.9 Å². The Morgan fingerprint density at radius 3 is 2.43 bits per heavy atom. The number of benzene rings is 2. The summed E-state index contributed by atoms with van der Waals surface area (Å²) in [5, 5.41) is 18.2. The zero-order chi connectivity index (χ0) is 20.7. The standard InChI is InChI=1S/C20H22N2O6/c1-3-28-20(26)16-8-5-9-17(11-16)22(13(2)18(23)21-27)12-14-6-4-7-15(10-14)19(24)25/h4-11,13,27H,3,12H2,1-2H3,(H,21,23)(H,24,25). The zero-order valence-corrected chi connectivity index (χ0v) is 15.6. The highest BCUT2D eigenvalue weighted by atomic mass is 16.5. The van der Waals surface area contributed by atoms with Gasteiger partial charge in [-0.25, -0.2) is 15.1 Å². The fourth-order valence-electron chi connectivity index (χ4n) is 2.71. The first-order valence-electron chi connectivity index (χ1n) is 8.67. The van der Waals surface area contributed by atoms with E-state index in [0.717, 1.165) is 0 Å². The first-order valence-corrected chi connectivity index (χ1v) is 8.67. The predicted octanol–water partition coefficient (Wildman–Crippen LogP) is 2.46. The fourth-order valence-corrected chi connectivity index (χ4v) is 2.71. The highest BCUT2D eigenvalue weighted by Gasteiger charge is 2.23. The summed E-state index contributed by atoms with van der Waals surface area (Å²) in [5.41, 5.74) is 3.26. The zero-order valence-electron chi connectivity index (χ0n) is 15.6. The van der Waals surface area contributed by atoms with Gasteiger partial charge in [-0.1, -0.05) is 18.2 Å². The number of carbonyl (C=O) groups excluding carboxylic acids is 2. The van der Waals surface area contributed by atoms with Crippen molar-refractivity contribution in [2.45, 2.75) is 26.4 Å². The Hall–Kier alpha value is -3.39. The highest BCUT2D eigenvalue weighted by Crippen LogP contribution is 2.23. The molecule has 0 aromatic heterocycles. The molecule has 1 amide bonds. The average Bonchev–Trinajstić information content (AvgIpc) is 2.71. The topological polar surface area (TPSA) is 116 Å². The normalized spacial score (nSPS) is 11.4. The summed E-state index contributed by atoms with van der Waals surface area (Å²) in [4.78, 5) is 36.9. The van der Waals surface area contributed by atoms with E-state index in [1.54, 1.807) is 60.6 Å². The van der Waals surface area contributed by atoms with E-state index in [0.29, 0.717) is 16.8 Å². The van der Waals surface area contributed by atoms with E-state index in [1.165, 1.54) is 12.1 Å². The molecule has 2 aromatic rings. The Balaban J connectivity index is 2.41. The number of hydrogen-bond acceptors (Lipinski definition) is 6. The predicted molar refractivity (Wildman–Crippen MR) is 101 cm³/mol. The lowest BCUT2D eigenvalue weighted by molar-refractivity contribution is -0.130. The van der Waals surface area contributed by atoms with Gasteiger partial charge in [0.25, 0.3) is 5.91 Å². The van der Waals surface area contributed by atoms with Crippen LogP contribution in [0.5, 0.6) is 0 Å². The van der Waals surface area contributed by atoms with Crippen molar-refractivity contribution < 1.29 is 29.4 Å². The van der Waals surface area contributed by atoms with Crippen molar-refractivity contribution >= 4 is 23.5 Å². The van der Waals surface area contributed by atoms with E-state index in [9.17, 15) is 19.5 Å². The molecule has 3 N–H and O–H groups in total. The lowest BCUT2D eigenvalue weighted by Gasteiger charge is -2.30. The van der Waals surface area contributed by atoms with Crippen LogP contribution in [0.1, 0.15) is 40.1 Å². The summed E-state index contributed by atoms with van der Waals surface area (Å²) < 4.78 is 5.01. The molecule has 0 saturated carbocycles. The number of nitrogens with zero attached hydrogens (tertiary/aromatic N) is 1. The molecule has 0 bridgehead atoms. The summed E-state index contributed by atoms with van der Waals surface area (Å²) in [6.07, 6.45) is 0. The third-order valence-electron chi connectivity index (χ3n) is 4.17. The molecular weight excluding hydrogens is 364 g/mol. The van der Waals surface area contributed by atoms with Gasteiger partial charge in [-0.15, -0.1) is 0 Å². The second-order valence-corrected chi connectivity index (χ2v) is 6.06. The molecule has 0 aliphatic carbocycles. The number of carboxylic acid groups (broad SMARTS) is 1. The van der Waals surface area contributed by atoms with Crippen LogP contribution >= 0.6 is 0 Å². The molecule has 28 heavy (non-hydrogen) atoms. The molecule has 8 heteroatoms. The number of carboxylic acids is 1. The molecular formula is C20H22N2O6. The minimum atomic E-state index is -1.06. The minimum absolute atomic E-state index is 0.122. The van der Waals surface area contributed by atoms with Gasteiger partial charge in [-0.05, 0) is 49.7 Å². The molecule has 0 radical (unpaired) electrons. The Labute approximate surface area is 162 Å². The van der Waals surface area contributed by atoms with E-state index in [1.807, 2.05) is 0 Å². The van der Waals surface area contributed by atoms with Crippen LogP contribution in [0.3, 0.4) is 0 Å². The van der Waals surface area contributed by atoms with Crippen LogP contribution in [-0.4, -0.2) is 40.8 Å². The number of anilines is 1. The van der Waals surface area contributed by atoms with Crippen molar-refractivity contribution in [2.75, 3.05) is 11.5 Å². The van der Waals surface area contributed by atoms with Crippen molar-refractivity contribution in [2.24, 2.45) is 0 Å². The van der Waals surface area contributed by atoms with Crippen molar-refractivity contribution in [3.8, 4) is 0 Å². The molecule has 0 heterocycles. The molecule has 1 atom stereocenters. The number of hydrogen-bond donors (Lipinski definition) is 3. The number of carbonyl (C=O) groups is 3. The summed E-state index contributed by atoms with van der Waals surface area (Å²) >= 11 is 0. The fraction of sp³-hybridized carbons (Fsp3) is 0.250. The van der Waals surface area contributed by atoms with Crippen LogP contribution < -0.4 is 10.4 Å². The summed E-state index contributed by atoms with van der Waals surface area (Å²) in [7, 11) is 0. The molecule has 0 aliphatic heterocycles. The maximum absolute atomic E-state index is 12.0. The number of amides is 1. The average molecular weight is 386 g/mol.